The van der Waals surface area contributed by atoms with Gasteiger partial charge >= 0.3 is 0 Å². The average molecular weight is 235 g/mol. The molecule has 1 saturated heterocycles. The van der Waals surface area contributed by atoms with Gasteiger partial charge in [-0.05, 0) is 26.7 Å². The molecular formula is C12H17N3O2. The molecule has 0 bridgehead atoms. The van der Waals surface area contributed by atoms with Crippen LogP contribution >= 0.6 is 0 Å². The molecule has 0 radical (unpaired) electrons. The SMILES string of the molecule is Cc1ncnc(C(=O)NCC2CCCO2)c1C. The molecule has 5 nitrogen and oxygen atoms in total. The standard InChI is InChI=1S/C12H17N3O2/c1-8-9(2)14-7-15-11(8)12(16)13-6-10-4-3-5-17-10/h7,10H,3-6H2,1-2H3,(H,13,16). The Labute approximate surface area is 101 Å². The highest BCUT2D eigenvalue weighted by molar-refractivity contribution is 5.93. The number of hydrogen-bond donors (Lipinski definition) is 1. The molecule has 2 rings (SSSR count). The Hall–Kier alpha value is -1.49. The molecule has 0 aliphatic carbocycles. The van der Waals surface area contributed by atoms with Crippen molar-refractivity contribution in [1.29, 1.82) is 0 Å². The van der Waals surface area contributed by atoms with Gasteiger partial charge in [0.2, 0.25) is 0 Å². The molecule has 1 N–H and O–H groups in total. The Morgan fingerprint density at radius 2 is 2.35 bits per heavy atom. The molecule has 1 fully saturated rings. The van der Waals surface area contributed by atoms with Gasteiger partial charge in [-0.15, -0.1) is 0 Å². The van der Waals surface area contributed by atoms with Crippen LogP contribution in [0.2, 0.25) is 0 Å². The van der Waals surface area contributed by atoms with Gasteiger partial charge in [-0.1, -0.05) is 0 Å². The Kier molecular flexibility index (Phi) is 3.68. The highest BCUT2D eigenvalue weighted by atomic mass is 16.5. The summed E-state index contributed by atoms with van der Waals surface area (Å²) in [5.41, 5.74) is 2.12. The minimum Gasteiger partial charge on any atom is -0.376 e. The topological polar surface area (TPSA) is 64.1 Å². The molecule has 1 aromatic heterocycles. The van der Waals surface area contributed by atoms with E-state index in [1.54, 1.807) is 0 Å². The lowest BCUT2D eigenvalue weighted by molar-refractivity contribution is 0.0853. The second-order valence-electron chi connectivity index (χ2n) is 4.28. The van der Waals surface area contributed by atoms with Crippen LogP contribution in [0.25, 0.3) is 0 Å². The molecule has 0 saturated carbocycles. The van der Waals surface area contributed by atoms with E-state index in [4.69, 9.17) is 4.74 Å². The first kappa shape index (κ1) is 12.0. The summed E-state index contributed by atoms with van der Waals surface area (Å²) in [5.74, 6) is -0.150. The molecule has 0 aromatic carbocycles. The first-order valence-corrected chi connectivity index (χ1v) is 5.86. The quantitative estimate of drug-likeness (QED) is 0.849. The fraction of sp³-hybridized carbons (Fsp3) is 0.583. The van der Waals surface area contributed by atoms with Gasteiger partial charge in [0, 0.05) is 24.4 Å². The number of aryl methyl sites for hydroxylation is 1. The van der Waals surface area contributed by atoms with E-state index in [1.807, 2.05) is 13.8 Å². The third-order valence-electron chi connectivity index (χ3n) is 3.07. The van der Waals surface area contributed by atoms with Gasteiger partial charge < -0.3 is 10.1 Å². The van der Waals surface area contributed by atoms with E-state index in [0.717, 1.165) is 30.7 Å². The van der Waals surface area contributed by atoms with E-state index in [1.165, 1.54) is 6.33 Å². The largest absolute Gasteiger partial charge is 0.376 e. The highest BCUT2D eigenvalue weighted by Crippen LogP contribution is 2.11. The van der Waals surface area contributed by atoms with E-state index < -0.39 is 0 Å². The number of aromatic nitrogens is 2. The van der Waals surface area contributed by atoms with Crippen LogP contribution in [-0.4, -0.2) is 35.1 Å². The van der Waals surface area contributed by atoms with Gasteiger partial charge in [-0.3, -0.25) is 4.79 Å². The van der Waals surface area contributed by atoms with E-state index in [9.17, 15) is 4.79 Å². The zero-order chi connectivity index (χ0) is 12.3. The minimum atomic E-state index is -0.150. The van der Waals surface area contributed by atoms with Crippen molar-refractivity contribution in [3.63, 3.8) is 0 Å². The van der Waals surface area contributed by atoms with Crippen LogP contribution in [0.1, 0.15) is 34.6 Å². The Balaban J connectivity index is 1.97. The monoisotopic (exact) mass is 235 g/mol. The summed E-state index contributed by atoms with van der Waals surface area (Å²) in [6.07, 6.45) is 3.67. The number of nitrogens with one attached hydrogen (secondary N) is 1. The molecule has 1 aliphatic rings. The summed E-state index contributed by atoms with van der Waals surface area (Å²) in [5, 5.41) is 2.85. The number of rotatable bonds is 3. The fourth-order valence-corrected chi connectivity index (χ4v) is 1.86. The summed E-state index contributed by atoms with van der Waals surface area (Å²) in [7, 11) is 0. The maximum Gasteiger partial charge on any atom is 0.270 e. The maximum atomic E-state index is 11.9. The first-order chi connectivity index (χ1) is 8.18. The van der Waals surface area contributed by atoms with Gasteiger partial charge in [0.15, 0.2) is 0 Å². The summed E-state index contributed by atoms with van der Waals surface area (Å²) >= 11 is 0. The Morgan fingerprint density at radius 1 is 1.53 bits per heavy atom. The maximum absolute atomic E-state index is 11.9. The van der Waals surface area contributed by atoms with E-state index in [0.29, 0.717) is 12.2 Å². The highest BCUT2D eigenvalue weighted by Gasteiger charge is 2.18. The van der Waals surface area contributed by atoms with Crippen LogP contribution in [0.5, 0.6) is 0 Å². The number of amides is 1. The number of ether oxygens (including phenoxy) is 1. The number of carbonyl (C=O) groups excluding carboxylic acids is 1. The van der Waals surface area contributed by atoms with Crippen molar-refractivity contribution < 1.29 is 9.53 Å². The lowest BCUT2D eigenvalue weighted by Gasteiger charge is -2.11. The van der Waals surface area contributed by atoms with Crippen molar-refractivity contribution in [2.24, 2.45) is 0 Å². The van der Waals surface area contributed by atoms with Crippen LogP contribution in [0.3, 0.4) is 0 Å². The van der Waals surface area contributed by atoms with Crippen molar-refractivity contribution >= 4 is 5.91 Å². The van der Waals surface area contributed by atoms with Crippen molar-refractivity contribution in [2.75, 3.05) is 13.2 Å². The third kappa shape index (κ3) is 2.79. The van der Waals surface area contributed by atoms with Gasteiger partial charge in [0.25, 0.3) is 5.91 Å². The lowest BCUT2D eigenvalue weighted by Crippen LogP contribution is -2.32. The molecule has 1 atom stereocenters. The molecule has 17 heavy (non-hydrogen) atoms. The van der Waals surface area contributed by atoms with Crippen LogP contribution in [0.4, 0.5) is 0 Å². The van der Waals surface area contributed by atoms with Crippen molar-refractivity contribution in [2.45, 2.75) is 32.8 Å². The van der Waals surface area contributed by atoms with Crippen molar-refractivity contribution in [3.8, 4) is 0 Å². The molecular weight excluding hydrogens is 218 g/mol. The molecule has 92 valence electrons. The molecule has 1 aliphatic heterocycles. The number of carbonyl (C=O) groups is 1. The number of nitrogens with zero attached hydrogens (tertiary/aromatic N) is 2. The smallest absolute Gasteiger partial charge is 0.270 e. The first-order valence-electron chi connectivity index (χ1n) is 5.86. The molecule has 0 spiro atoms. The Morgan fingerprint density at radius 3 is 3.06 bits per heavy atom. The fourth-order valence-electron chi connectivity index (χ4n) is 1.86. The average Bonchev–Trinajstić information content (AvgIpc) is 2.82. The summed E-state index contributed by atoms with van der Waals surface area (Å²) < 4.78 is 5.45. The zero-order valence-corrected chi connectivity index (χ0v) is 10.2. The third-order valence-corrected chi connectivity index (χ3v) is 3.07. The van der Waals surface area contributed by atoms with Crippen LogP contribution < -0.4 is 5.32 Å². The van der Waals surface area contributed by atoms with Crippen LogP contribution in [0, 0.1) is 13.8 Å². The van der Waals surface area contributed by atoms with E-state index in [2.05, 4.69) is 15.3 Å². The van der Waals surface area contributed by atoms with Crippen molar-refractivity contribution in [1.82, 2.24) is 15.3 Å². The van der Waals surface area contributed by atoms with Gasteiger partial charge in [0.05, 0.1) is 6.10 Å². The molecule has 1 unspecified atom stereocenters. The second-order valence-corrected chi connectivity index (χ2v) is 4.28. The van der Waals surface area contributed by atoms with E-state index in [-0.39, 0.29) is 12.0 Å². The van der Waals surface area contributed by atoms with Gasteiger partial charge in [-0.25, -0.2) is 9.97 Å². The summed E-state index contributed by atoms with van der Waals surface area (Å²) in [6, 6.07) is 0. The molecule has 5 heteroatoms. The molecule has 1 amide bonds. The second kappa shape index (κ2) is 5.23. The zero-order valence-electron chi connectivity index (χ0n) is 10.2. The molecule has 2 heterocycles. The Bertz CT molecular complexity index is 414. The number of hydrogen-bond acceptors (Lipinski definition) is 4. The lowest BCUT2D eigenvalue weighted by atomic mass is 10.2. The van der Waals surface area contributed by atoms with Gasteiger partial charge in [0.1, 0.15) is 12.0 Å². The van der Waals surface area contributed by atoms with Crippen LogP contribution in [-0.2, 0) is 4.74 Å². The van der Waals surface area contributed by atoms with E-state index >= 15 is 0 Å². The van der Waals surface area contributed by atoms with Crippen molar-refractivity contribution in [3.05, 3.63) is 23.3 Å². The molecule has 1 aromatic rings. The predicted octanol–water partition coefficient (Wildman–Crippen LogP) is 1.00. The normalized spacial score (nSPS) is 19.3. The summed E-state index contributed by atoms with van der Waals surface area (Å²) in [6.45, 7) is 5.08. The van der Waals surface area contributed by atoms with Gasteiger partial charge in [-0.2, -0.15) is 0 Å². The minimum absolute atomic E-state index is 0.150. The predicted molar refractivity (Wildman–Crippen MR) is 62.8 cm³/mol. The van der Waals surface area contributed by atoms with Crippen LogP contribution in [0.15, 0.2) is 6.33 Å². The summed E-state index contributed by atoms with van der Waals surface area (Å²) in [4.78, 5) is 20.0.